The molecule has 204 valence electrons. The first-order valence-electron chi connectivity index (χ1n) is 12.7. The van der Waals surface area contributed by atoms with E-state index >= 15 is 0 Å². The zero-order chi connectivity index (χ0) is 28.4. The van der Waals surface area contributed by atoms with E-state index in [9.17, 15) is 34.2 Å². The molecule has 3 aliphatic carbocycles. The summed E-state index contributed by atoms with van der Waals surface area (Å²) < 4.78 is 5.24. The number of hydrogen-bond donors (Lipinski definition) is 3. The number of nitrogens with zero attached hydrogens (tertiary/aromatic N) is 1. The first-order chi connectivity index (χ1) is 18.4. The first-order valence-corrected chi connectivity index (χ1v) is 12.7. The number of methoxy groups -OCH3 is 1. The van der Waals surface area contributed by atoms with E-state index in [0.717, 1.165) is 11.1 Å². The number of carbonyl (C=O) groups excluding carboxylic acids is 5. The van der Waals surface area contributed by atoms with Crippen LogP contribution in [-0.2, 0) is 36.9 Å². The van der Waals surface area contributed by atoms with Crippen molar-refractivity contribution in [2.75, 3.05) is 21.2 Å². The van der Waals surface area contributed by atoms with Gasteiger partial charge in [-0.25, -0.2) is 0 Å². The highest BCUT2D eigenvalue weighted by Gasteiger charge is 2.69. The number of ketones is 4. The monoisotopic (exact) mass is 534 g/mol. The number of Topliss-reactive ketones (excluding diaryl/α,β-unsaturated/α-hetero) is 4. The molecule has 0 aromatic heterocycles. The number of likely N-dealkylation sites (N-methyl/N-ethyl adjacent to an activating group) is 1. The molecule has 2 unspecified atom stereocenters. The van der Waals surface area contributed by atoms with Crippen molar-refractivity contribution in [1.29, 1.82) is 0 Å². The van der Waals surface area contributed by atoms with E-state index in [1.807, 2.05) is 24.3 Å². The number of primary amides is 1. The fraction of sp³-hybridized carbons (Fsp3) is 0.414. The molecular weight excluding hydrogens is 504 g/mol. The summed E-state index contributed by atoms with van der Waals surface area (Å²) in [6.45, 7) is 0.382. The maximum atomic E-state index is 13.9. The quantitative estimate of drug-likeness (QED) is 0.468. The SMILES string of the molecule is COCc1cccc(-c2ccc(O)c3c2C[C@H]2C[C@H]4[C@H](N(C)C)C(=O)C(C(N)=O)C(=O)[C@@]4(O)C(=O)C2C3=O)c1. The molecule has 6 atom stereocenters. The second-order valence-electron chi connectivity index (χ2n) is 10.9. The van der Waals surface area contributed by atoms with Gasteiger partial charge in [0, 0.05) is 13.0 Å². The summed E-state index contributed by atoms with van der Waals surface area (Å²) in [6.07, 6.45) is 0.201. The Morgan fingerprint density at radius 1 is 1.13 bits per heavy atom. The van der Waals surface area contributed by atoms with Crippen molar-refractivity contribution in [3.8, 4) is 16.9 Å². The average Bonchev–Trinajstić information content (AvgIpc) is 2.86. The van der Waals surface area contributed by atoms with Gasteiger partial charge in [0.25, 0.3) is 0 Å². The number of phenolic OH excluding ortho intramolecular Hbond substituents is 1. The predicted molar refractivity (Wildman–Crippen MR) is 138 cm³/mol. The normalized spacial score (nSPS) is 30.1. The van der Waals surface area contributed by atoms with Gasteiger partial charge in [-0.15, -0.1) is 0 Å². The van der Waals surface area contributed by atoms with Gasteiger partial charge in [-0.2, -0.15) is 0 Å². The molecule has 2 fully saturated rings. The molecule has 10 heteroatoms. The van der Waals surface area contributed by atoms with Crippen molar-refractivity contribution >= 4 is 29.0 Å². The van der Waals surface area contributed by atoms with Crippen LogP contribution in [0.2, 0.25) is 0 Å². The van der Waals surface area contributed by atoms with Gasteiger partial charge < -0.3 is 20.7 Å². The highest BCUT2D eigenvalue weighted by Crippen LogP contribution is 2.51. The van der Waals surface area contributed by atoms with E-state index < -0.39 is 64.4 Å². The number of carbonyl (C=O) groups is 5. The lowest BCUT2D eigenvalue weighted by atomic mass is 9.52. The molecule has 0 spiro atoms. The molecule has 0 bridgehead atoms. The summed E-state index contributed by atoms with van der Waals surface area (Å²) in [4.78, 5) is 67.9. The molecule has 4 N–H and O–H groups in total. The number of ether oxygens (including phenoxy) is 1. The number of hydrogen-bond acceptors (Lipinski definition) is 9. The third-order valence-corrected chi connectivity index (χ3v) is 8.49. The largest absolute Gasteiger partial charge is 0.507 e. The molecular formula is C29H30N2O8. The Bertz CT molecular complexity index is 1430. The van der Waals surface area contributed by atoms with Crippen molar-refractivity contribution < 1.29 is 38.9 Å². The molecule has 10 nitrogen and oxygen atoms in total. The van der Waals surface area contributed by atoms with Gasteiger partial charge in [-0.05, 0) is 67.2 Å². The molecule has 0 radical (unpaired) electrons. The number of fused-ring (bicyclic) bond motifs is 3. The van der Waals surface area contributed by atoms with Crippen molar-refractivity contribution in [2.24, 2.45) is 29.4 Å². The van der Waals surface area contributed by atoms with Crippen molar-refractivity contribution in [3.63, 3.8) is 0 Å². The molecule has 1 amide bonds. The number of aromatic hydroxyl groups is 1. The van der Waals surface area contributed by atoms with Crippen LogP contribution in [0.5, 0.6) is 5.75 Å². The van der Waals surface area contributed by atoms with Gasteiger partial charge >= 0.3 is 0 Å². The van der Waals surface area contributed by atoms with Crippen LogP contribution in [0.1, 0.15) is 27.9 Å². The van der Waals surface area contributed by atoms with Crippen LogP contribution in [0.3, 0.4) is 0 Å². The molecule has 2 aromatic carbocycles. The van der Waals surface area contributed by atoms with E-state index in [1.54, 1.807) is 27.3 Å². The second kappa shape index (κ2) is 9.48. The van der Waals surface area contributed by atoms with Gasteiger partial charge in [0.1, 0.15) is 5.75 Å². The van der Waals surface area contributed by atoms with Gasteiger partial charge in [-0.3, -0.25) is 28.9 Å². The lowest BCUT2D eigenvalue weighted by molar-refractivity contribution is -0.181. The summed E-state index contributed by atoms with van der Waals surface area (Å²) in [5, 5.41) is 22.4. The summed E-state index contributed by atoms with van der Waals surface area (Å²) in [5.41, 5.74) is 5.54. The summed E-state index contributed by atoms with van der Waals surface area (Å²) in [7, 11) is 4.69. The Labute approximate surface area is 224 Å². The van der Waals surface area contributed by atoms with Crippen molar-refractivity contribution in [1.82, 2.24) is 4.90 Å². The standard InChI is InChI=1S/C29H30N2O8/c1-31(2)23-18-11-15-10-17-16(14-6-4-5-13(9-14)12-39-3)7-8-19(32)21(17)24(33)20(15)26(35)29(18,38)27(36)22(25(23)34)28(30)37/h4-9,15,18,20,22-23,32,38H,10-12H2,1-3H3,(H2,30,37)/t15-,18-,20?,22?,23-,29-/m0/s1. The summed E-state index contributed by atoms with van der Waals surface area (Å²) in [5.74, 6) is -10.6. The minimum atomic E-state index is -2.74. The minimum absolute atomic E-state index is 0.00268. The van der Waals surface area contributed by atoms with Crippen molar-refractivity contribution in [2.45, 2.75) is 31.1 Å². The molecule has 0 heterocycles. The smallest absolute Gasteiger partial charge is 0.235 e. The van der Waals surface area contributed by atoms with Crippen LogP contribution in [0, 0.1) is 23.7 Å². The van der Waals surface area contributed by atoms with Crippen LogP contribution >= 0.6 is 0 Å². The number of nitrogens with two attached hydrogens (primary N) is 1. The zero-order valence-corrected chi connectivity index (χ0v) is 21.8. The van der Waals surface area contributed by atoms with E-state index in [4.69, 9.17) is 10.5 Å². The summed E-state index contributed by atoms with van der Waals surface area (Å²) in [6, 6.07) is 9.51. The Morgan fingerprint density at radius 2 is 1.85 bits per heavy atom. The third kappa shape index (κ3) is 3.85. The molecule has 0 saturated heterocycles. The number of benzene rings is 2. The topological polar surface area (TPSA) is 164 Å². The maximum absolute atomic E-state index is 13.9. The van der Waals surface area contributed by atoms with Crippen LogP contribution < -0.4 is 5.73 Å². The van der Waals surface area contributed by atoms with Crippen LogP contribution in [-0.4, -0.2) is 77.0 Å². The number of amides is 1. The third-order valence-electron chi connectivity index (χ3n) is 8.49. The molecule has 5 rings (SSSR count). The second-order valence-corrected chi connectivity index (χ2v) is 10.9. The van der Waals surface area contributed by atoms with Crippen molar-refractivity contribution in [3.05, 3.63) is 53.1 Å². The van der Waals surface area contributed by atoms with E-state index in [2.05, 4.69) is 0 Å². The fourth-order valence-electron chi connectivity index (χ4n) is 6.87. The van der Waals surface area contributed by atoms with Gasteiger partial charge in [0.2, 0.25) is 5.91 Å². The highest BCUT2D eigenvalue weighted by molar-refractivity contribution is 6.32. The van der Waals surface area contributed by atoms with Gasteiger partial charge in [0.15, 0.2) is 34.7 Å². The molecule has 3 aliphatic rings. The highest BCUT2D eigenvalue weighted by atomic mass is 16.5. The number of aliphatic hydroxyl groups is 1. The van der Waals surface area contributed by atoms with E-state index in [0.29, 0.717) is 17.7 Å². The van der Waals surface area contributed by atoms with Crippen LogP contribution in [0.25, 0.3) is 11.1 Å². The predicted octanol–water partition coefficient (Wildman–Crippen LogP) is 0.680. The minimum Gasteiger partial charge on any atom is -0.507 e. The van der Waals surface area contributed by atoms with E-state index in [1.165, 1.54) is 11.0 Å². The Kier molecular flexibility index (Phi) is 6.53. The lowest BCUT2D eigenvalue weighted by Gasteiger charge is -2.52. The molecule has 2 saturated carbocycles. The van der Waals surface area contributed by atoms with Crippen LogP contribution in [0.4, 0.5) is 0 Å². The van der Waals surface area contributed by atoms with E-state index in [-0.39, 0.29) is 24.2 Å². The molecule has 0 aliphatic heterocycles. The zero-order valence-electron chi connectivity index (χ0n) is 21.8. The number of rotatable bonds is 5. The van der Waals surface area contributed by atoms with Gasteiger partial charge in [-0.1, -0.05) is 24.3 Å². The molecule has 39 heavy (non-hydrogen) atoms. The Balaban J connectivity index is 1.64. The molecule has 2 aromatic rings. The number of phenols is 1. The Hall–Kier alpha value is -3.73. The fourth-order valence-corrected chi connectivity index (χ4v) is 6.87. The lowest BCUT2D eigenvalue weighted by Crippen LogP contribution is -2.74. The maximum Gasteiger partial charge on any atom is 0.235 e. The average molecular weight is 535 g/mol. The first kappa shape index (κ1) is 26.9. The van der Waals surface area contributed by atoms with Gasteiger partial charge in [0.05, 0.1) is 24.1 Å². The Morgan fingerprint density at radius 3 is 2.49 bits per heavy atom. The summed E-state index contributed by atoms with van der Waals surface area (Å²) >= 11 is 0. The van der Waals surface area contributed by atoms with Crippen LogP contribution in [0.15, 0.2) is 36.4 Å².